The molecule has 0 amide bonds. The van der Waals surface area contributed by atoms with Gasteiger partial charge in [0.1, 0.15) is 0 Å². The first-order valence-electron chi connectivity index (χ1n) is 3.43. The highest BCUT2D eigenvalue weighted by atomic mass is 31.2. The number of hydrogen-bond donors (Lipinski definition) is 1. The molecule has 5 nitrogen and oxygen atoms in total. The van der Waals surface area contributed by atoms with E-state index in [1.54, 1.807) is 13.8 Å². The van der Waals surface area contributed by atoms with Crippen LogP contribution in [0, 0.1) is 11.5 Å². The molecule has 72 valence electrons. The molecule has 0 aliphatic rings. The van der Waals surface area contributed by atoms with E-state index >= 15 is 0 Å². The number of nitriles is 1. The molecule has 0 fully saturated rings. The van der Waals surface area contributed by atoms with E-state index in [2.05, 4.69) is 0 Å². The molecule has 0 atom stereocenters. The van der Waals surface area contributed by atoms with Gasteiger partial charge >= 0.3 is 7.60 Å². The molecule has 0 radical (unpaired) electrons. The summed E-state index contributed by atoms with van der Waals surface area (Å²) >= 11 is 0. The maximum atomic E-state index is 11.0. The Morgan fingerprint density at radius 1 is 1.42 bits per heavy atom. The van der Waals surface area contributed by atoms with Crippen molar-refractivity contribution in [3.63, 3.8) is 0 Å². The third-order valence-electron chi connectivity index (χ3n) is 0.727. The van der Waals surface area contributed by atoms with Crippen molar-refractivity contribution in [1.82, 2.24) is 0 Å². The molecule has 0 aliphatic heterocycles. The van der Waals surface area contributed by atoms with Gasteiger partial charge in [-0.25, -0.2) is 0 Å². The lowest BCUT2D eigenvalue weighted by molar-refractivity contribution is 0.225. The molecule has 0 spiro atoms. The fraction of sp³-hybridized carbons (Fsp3) is 0.833. The second kappa shape index (κ2) is 8.54. The van der Waals surface area contributed by atoms with Gasteiger partial charge in [0.25, 0.3) is 6.26 Å². The molecule has 0 aliphatic carbocycles. The Labute approximate surface area is 72.4 Å². The zero-order valence-electron chi connectivity index (χ0n) is 7.48. The van der Waals surface area contributed by atoms with Crippen molar-refractivity contribution in [2.75, 3.05) is 19.9 Å². The zero-order valence-corrected chi connectivity index (χ0v) is 8.38. The molecule has 1 N–H and O–H groups in total. The smallest absolute Gasteiger partial charge is 0.327 e. The Kier molecular flexibility index (Phi) is 9.95. The normalized spacial score (nSPS) is 9.50. The Bertz CT molecular complexity index is 167. The van der Waals surface area contributed by atoms with Crippen LogP contribution in [0.4, 0.5) is 0 Å². The van der Waals surface area contributed by atoms with Gasteiger partial charge in [-0.1, -0.05) is 0 Å². The molecule has 0 aromatic carbocycles. The molecular formula is C6H14NO4P. The average Bonchev–Trinajstić information content (AvgIpc) is 1.88. The summed E-state index contributed by atoms with van der Waals surface area (Å²) in [5.74, 6) is 0. The lowest BCUT2D eigenvalue weighted by Crippen LogP contribution is -1.92. The zero-order chi connectivity index (χ0) is 10.0. The first kappa shape index (κ1) is 14.0. The third-order valence-corrected chi connectivity index (χ3v) is 2.18. The molecule has 0 aromatic heterocycles. The van der Waals surface area contributed by atoms with Crippen molar-refractivity contribution >= 4 is 7.60 Å². The summed E-state index contributed by atoms with van der Waals surface area (Å²) in [7, 11) is -2.69. The second-order valence-electron chi connectivity index (χ2n) is 1.71. The first-order chi connectivity index (χ1) is 5.54. The number of aliphatic hydroxyl groups excluding tert-OH is 1. The average molecular weight is 195 g/mol. The van der Waals surface area contributed by atoms with E-state index in [-0.39, 0.29) is 0 Å². The van der Waals surface area contributed by atoms with Crippen molar-refractivity contribution in [2.45, 2.75) is 13.8 Å². The van der Waals surface area contributed by atoms with E-state index in [0.717, 1.165) is 6.26 Å². The minimum absolute atomic E-state index is 0.438. The number of nitrogens with zero attached hydrogens (tertiary/aromatic N) is 1. The van der Waals surface area contributed by atoms with Crippen LogP contribution < -0.4 is 0 Å². The van der Waals surface area contributed by atoms with Crippen LogP contribution in [0.2, 0.25) is 0 Å². The molecule has 0 bridgehead atoms. The fourth-order valence-corrected chi connectivity index (χ4v) is 1.52. The van der Waals surface area contributed by atoms with Gasteiger partial charge < -0.3 is 14.2 Å². The van der Waals surface area contributed by atoms with Crippen molar-refractivity contribution in [1.29, 1.82) is 5.26 Å². The summed E-state index contributed by atoms with van der Waals surface area (Å²) in [6, 6.07) is 0. The van der Waals surface area contributed by atoms with Gasteiger partial charge in [-0.05, 0) is 13.8 Å². The SMILES string of the molecule is CCOP(C)(=O)OCC.N#CO. The van der Waals surface area contributed by atoms with E-state index in [4.69, 9.17) is 19.4 Å². The highest BCUT2D eigenvalue weighted by Gasteiger charge is 2.13. The Morgan fingerprint density at radius 2 is 1.67 bits per heavy atom. The lowest BCUT2D eigenvalue weighted by atomic mass is 10.9. The fourth-order valence-electron chi connectivity index (χ4n) is 0.506. The van der Waals surface area contributed by atoms with E-state index < -0.39 is 7.60 Å². The predicted molar refractivity (Wildman–Crippen MR) is 44.3 cm³/mol. The van der Waals surface area contributed by atoms with Crippen LogP contribution in [0.1, 0.15) is 13.8 Å². The van der Waals surface area contributed by atoms with Gasteiger partial charge in [-0.3, -0.25) is 4.57 Å². The molecular weight excluding hydrogens is 181 g/mol. The van der Waals surface area contributed by atoms with E-state index in [1.165, 1.54) is 6.66 Å². The van der Waals surface area contributed by atoms with Gasteiger partial charge in [-0.2, -0.15) is 5.26 Å². The summed E-state index contributed by atoms with van der Waals surface area (Å²) in [6.45, 7) is 5.92. The largest absolute Gasteiger partial charge is 0.443 e. The molecule has 0 heterocycles. The van der Waals surface area contributed by atoms with Crippen LogP contribution in [-0.4, -0.2) is 25.0 Å². The van der Waals surface area contributed by atoms with Crippen LogP contribution in [0.25, 0.3) is 0 Å². The lowest BCUT2D eigenvalue weighted by Gasteiger charge is -2.10. The maximum Gasteiger partial charge on any atom is 0.327 e. The highest BCUT2D eigenvalue weighted by molar-refractivity contribution is 7.52. The van der Waals surface area contributed by atoms with E-state index in [1.807, 2.05) is 0 Å². The van der Waals surface area contributed by atoms with Gasteiger partial charge in [0.05, 0.1) is 13.2 Å². The monoisotopic (exact) mass is 195 g/mol. The third kappa shape index (κ3) is 12.1. The molecule has 0 saturated heterocycles. The van der Waals surface area contributed by atoms with Crippen LogP contribution in [-0.2, 0) is 13.6 Å². The Morgan fingerprint density at radius 3 is 1.83 bits per heavy atom. The number of aliphatic hydroxyl groups is 1. The van der Waals surface area contributed by atoms with Crippen molar-refractivity contribution in [3.8, 4) is 6.26 Å². The van der Waals surface area contributed by atoms with Crippen LogP contribution in [0.3, 0.4) is 0 Å². The van der Waals surface area contributed by atoms with Crippen LogP contribution in [0.15, 0.2) is 0 Å². The van der Waals surface area contributed by atoms with Gasteiger partial charge in [0, 0.05) is 6.66 Å². The summed E-state index contributed by atoms with van der Waals surface area (Å²) in [4.78, 5) is 0. The Hall–Kier alpha value is -0.560. The van der Waals surface area contributed by atoms with E-state index in [9.17, 15) is 4.57 Å². The molecule has 0 unspecified atom stereocenters. The topological polar surface area (TPSA) is 79.5 Å². The van der Waals surface area contributed by atoms with Crippen molar-refractivity contribution in [3.05, 3.63) is 0 Å². The first-order valence-corrected chi connectivity index (χ1v) is 5.42. The predicted octanol–water partition coefficient (Wildman–Crippen LogP) is 1.72. The van der Waals surface area contributed by atoms with Crippen LogP contribution in [0.5, 0.6) is 0 Å². The summed E-state index contributed by atoms with van der Waals surface area (Å²) in [5, 5.41) is 13.8. The molecule has 12 heavy (non-hydrogen) atoms. The van der Waals surface area contributed by atoms with Gasteiger partial charge in [-0.15, -0.1) is 0 Å². The quantitative estimate of drug-likeness (QED) is 0.545. The van der Waals surface area contributed by atoms with Crippen molar-refractivity contribution in [2.24, 2.45) is 0 Å². The molecule has 0 saturated carbocycles. The van der Waals surface area contributed by atoms with Gasteiger partial charge in [0.2, 0.25) is 0 Å². The minimum atomic E-state index is -2.69. The van der Waals surface area contributed by atoms with Crippen LogP contribution >= 0.6 is 7.60 Å². The van der Waals surface area contributed by atoms with Gasteiger partial charge in [0.15, 0.2) is 0 Å². The summed E-state index contributed by atoms with van der Waals surface area (Å²) < 4.78 is 20.6. The molecule has 0 aromatic rings. The minimum Gasteiger partial charge on any atom is -0.443 e. The molecule has 6 heteroatoms. The molecule has 0 rings (SSSR count). The highest BCUT2D eigenvalue weighted by Crippen LogP contribution is 2.43. The number of rotatable bonds is 4. The maximum absolute atomic E-state index is 11.0. The second-order valence-corrected chi connectivity index (χ2v) is 3.77. The standard InChI is InChI=1S/C5H13O3P.CHNO/c1-4-7-9(3,6)8-5-2;2-1-3/h4-5H2,1-3H3;3H. The summed E-state index contributed by atoms with van der Waals surface area (Å²) in [6.07, 6.45) is 0.750. The Balaban J connectivity index is 0. The van der Waals surface area contributed by atoms with Crippen molar-refractivity contribution < 1.29 is 18.7 Å². The number of hydrogen-bond acceptors (Lipinski definition) is 5. The summed E-state index contributed by atoms with van der Waals surface area (Å²) in [5.41, 5.74) is 0. The van der Waals surface area contributed by atoms with E-state index in [0.29, 0.717) is 13.2 Å².